The molecular weight excluding hydrogens is 268 g/mol. The van der Waals surface area contributed by atoms with Crippen molar-refractivity contribution in [1.82, 2.24) is 24.9 Å². The molecule has 21 heavy (non-hydrogen) atoms. The lowest BCUT2D eigenvalue weighted by Crippen LogP contribution is -2.29. The summed E-state index contributed by atoms with van der Waals surface area (Å²) in [5.74, 6) is 0.0243. The summed E-state index contributed by atoms with van der Waals surface area (Å²) < 4.78 is 3.59. The Morgan fingerprint density at radius 3 is 3.05 bits per heavy atom. The van der Waals surface area contributed by atoms with Crippen LogP contribution in [-0.2, 0) is 24.4 Å². The summed E-state index contributed by atoms with van der Waals surface area (Å²) in [5.41, 5.74) is 2.02. The number of anilines is 1. The smallest absolute Gasteiger partial charge is 0.241 e. The number of carbonyl (C=O) groups excluding carboxylic acids is 1. The molecule has 0 unspecified atom stereocenters. The molecule has 112 valence electrons. The molecule has 1 aliphatic carbocycles. The van der Waals surface area contributed by atoms with Crippen LogP contribution >= 0.6 is 0 Å². The molecule has 3 rings (SSSR count). The van der Waals surface area contributed by atoms with Gasteiger partial charge < -0.3 is 10.6 Å². The van der Waals surface area contributed by atoms with Gasteiger partial charge in [-0.05, 0) is 25.8 Å². The normalized spacial score (nSPS) is 14.1. The van der Waals surface area contributed by atoms with E-state index in [9.17, 15) is 4.79 Å². The average molecular weight is 288 g/mol. The molecule has 0 atom stereocenters. The van der Waals surface area contributed by atoms with E-state index in [-0.39, 0.29) is 12.5 Å². The van der Waals surface area contributed by atoms with E-state index in [2.05, 4.69) is 27.8 Å². The van der Waals surface area contributed by atoms with E-state index in [4.69, 9.17) is 0 Å². The number of hydrogen-bond acceptors (Lipinski definition) is 4. The van der Waals surface area contributed by atoms with Crippen LogP contribution in [0.4, 0.5) is 5.69 Å². The third kappa shape index (κ3) is 3.62. The van der Waals surface area contributed by atoms with Crippen LogP contribution in [0.25, 0.3) is 0 Å². The van der Waals surface area contributed by atoms with Crippen molar-refractivity contribution in [2.45, 2.75) is 45.4 Å². The van der Waals surface area contributed by atoms with Crippen LogP contribution in [0.2, 0.25) is 0 Å². The number of aromatic nitrogens is 4. The van der Waals surface area contributed by atoms with Crippen LogP contribution in [0.1, 0.15) is 25.5 Å². The van der Waals surface area contributed by atoms with E-state index in [1.165, 1.54) is 0 Å². The molecular formula is C14H20N6O. The fourth-order valence-corrected chi connectivity index (χ4v) is 2.18. The molecule has 0 bridgehead atoms. The Morgan fingerprint density at radius 1 is 1.43 bits per heavy atom. The molecule has 2 aromatic rings. The summed E-state index contributed by atoms with van der Waals surface area (Å²) in [5, 5.41) is 14.7. The summed E-state index contributed by atoms with van der Waals surface area (Å²) in [6, 6.07) is 2.38. The first kappa shape index (κ1) is 13.7. The Labute approximate surface area is 123 Å². The highest BCUT2D eigenvalue weighted by atomic mass is 16.2. The van der Waals surface area contributed by atoms with Gasteiger partial charge in [0.2, 0.25) is 5.91 Å². The molecule has 7 heteroatoms. The molecule has 2 N–H and O–H groups in total. The molecule has 1 saturated carbocycles. The maximum Gasteiger partial charge on any atom is 0.241 e. The monoisotopic (exact) mass is 288 g/mol. The second-order valence-corrected chi connectivity index (χ2v) is 5.26. The third-order valence-electron chi connectivity index (χ3n) is 3.46. The standard InChI is InChI=1S/C14H20N6O/c1-2-20-13(5-6-16-20)8-15-12-7-17-19(9-12)10-14(21)18-11-3-4-11/h5-7,9,11,15H,2-4,8,10H2,1H3,(H,18,21). The van der Waals surface area contributed by atoms with Crippen molar-refractivity contribution in [2.75, 3.05) is 5.32 Å². The van der Waals surface area contributed by atoms with Gasteiger partial charge in [0.1, 0.15) is 6.54 Å². The van der Waals surface area contributed by atoms with Gasteiger partial charge in [-0.3, -0.25) is 14.2 Å². The first-order valence-electron chi connectivity index (χ1n) is 7.31. The van der Waals surface area contributed by atoms with Crippen molar-refractivity contribution in [2.24, 2.45) is 0 Å². The van der Waals surface area contributed by atoms with Gasteiger partial charge in [0.25, 0.3) is 0 Å². The van der Waals surface area contributed by atoms with Crippen molar-refractivity contribution in [1.29, 1.82) is 0 Å². The Kier molecular flexibility index (Phi) is 3.89. The maximum absolute atomic E-state index is 11.7. The number of aryl methyl sites for hydroxylation is 1. The first-order chi connectivity index (χ1) is 10.2. The highest BCUT2D eigenvalue weighted by Gasteiger charge is 2.23. The largest absolute Gasteiger partial charge is 0.377 e. The number of nitrogens with one attached hydrogen (secondary N) is 2. The van der Waals surface area contributed by atoms with Crippen molar-refractivity contribution in [3.63, 3.8) is 0 Å². The number of hydrogen-bond donors (Lipinski definition) is 2. The Balaban J connectivity index is 1.51. The summed E-state index contributed by atoms with van der Waals surface area (Å²) in [6.07, 6.45) is 7.58. The van der Waals surface area contributed by atoms with E-state index in [1.54, 1.807) is 17.1 Å². The van der Waals surface area contributed by atoms with E-state index >= 15 is 0 Å². The summed E-state index contributed by atoms with van der Waals surface area (Å²) in [6.45, 7) is 3.87. The fraction of sp³-hybridized carbons (Fsp3) is 0.500. The van der Waals surface area contributed by atoms with Gasteiger partial charge in [0.15, 0.2) is 0 Å². The van der Waals surface area contributed by atoms with Gasteiger partial charge in [-0.2, -0.15) is 10.2 Å². The predicted molar refractivity (Wildman–Crippen MR) is 78.6 cm³/mol. The van der Waals surface area contributed by atoms with E-state index in [0.29, 0.717) is 12.6 Å². The topological polar surface area (TPSA) is 76.8 Å². The zero-order chi connectivity index (χ0) is 14.7. The van der Waals surface area contributed by atoms with E-state index in [0.717, 1.165) is 30.8 Å². The minimum absolute atomic E-state index is 0.0243. The third-order valence-corrected chi connectivity index (χ3v) is 3.46. The molecule has 1 aliphatic rings. The number of carbonyl (C=O) groups is 1. The maximum atomic E-state index is 11.7. The van der Waals surface area contributed by atoms with Gasteiger partial charge in [0, 0.05) is 25.0 Å². The quantitative estimate of drug-likeness (QED) is 0.796. The van der Waals surface area contributed by atoms with Crippen molar-refractivity contribution in [3.05, 3.63) is 30.4 Å². The molecule has 0 aromatic carbocycles. The Morgan fingerprint density at radius 2 is 2.29 bits per heavy atom. The van der Waals surface area contributed by atoms with E-state index in [1.807, 2.05) is 16.9 Å². The predicted octanol–water partition coefficient (Wildman–Crippen LogP) is 0.990. The van der Waals surface area contributed by atoms with Crippen molar-refractivity contribution >= 4 is 11.6 Å². The zero-order valence-corrected chi connectivity index (χ0v) is 12.1. The van der Waals surface area contributed by atoms with Crippen LogP contribution < -0.4 is 10.6 Å². The van der Waals surface area contributed by atoms with Gasteiger partial charge in [0.05, 0.1) is 24.1 Å². The highest BCUT2D eigenvalue weighted by molar-refractivity contribution is 5.76. The molecule has 1 amide bonds. The number of nitrogens with zero attached hydrogens (tertiary/aromatic N) is 4. The summed E-state index contributed by atoms with van der Waals surface area (Å²) in [7, 11) is 0. The Hall–Kier alpha value is -2.31. The molecule has 0 saturated heterocycles. The molecule has 2 heterocycles. The lowest BCUT2D eigenvalue weighted by atomic mass is 10.4. The molecule has 0 radical (unpaired) electrons. The molecule has 1 fully saturated rings. The van der Waals surface area contributed by atoms with Crippen molar-refractivity contribution < 1.29 is 4.79 Å². The minimum Gasteiger partial charge on any atom is -0.377 e. The molecule has 0 spiro atoms. The van der Waals surface area contributed by atoms with Crippen LogP contribution in [0, 0.1) is 0 Å². The van der Waals surface area contributed by atoms with Gasteiger partial charge in [-0.15, -0.1) is 0 Å². The minimum atomic E-state index is 0.0243. The SMILES string of the molecule is CCn1nccc1CNc1cnn(CC(=O)NC2CC2)c1. The highest BCUT2D eigenvalue weighted by Crippen LogP contribution is 2.18. The summed E-state index contributed by atoms with van der Waals surface area (Å²) >= 11 is 0. The second-order valence-electron chi connectivity index (χ2n) is 5.26. The Bertz CT molecular complexity index is 613. The zero-order valence-electron chi connectivity index (χ0n) is 12.1. The van der Waals surface area contributed by atoms with Gasteiger partial charge in [-0.1, -0.05) is 0 Å². The molecule has 0 aliphatic heterocycles. The van der Waals surface area contributed by atoms with Crippen LogP contribution in [0.15, 0.2) is 24.7 Å². The van der Waals surface area contributed by atoms with Gasteiger partial charge >= 0.3 is 0 Å². The van der Waals surface area contributed by atoms with Crippen LogP contribution in [0.5, 0.6) is 0 Å². The second kappa shape index (κ2) is 5.99. The van der Waals surface area contributed by atoms with Crippen molar-refractivity contribution in [3.8, 4) is 0 Å². The summed E-state index contributed by atoms with van der Waals surface area (Å²) in [4.78, 5) is 11.7. The molecule has 2 aromatic heterocycles. The van der Waals surface area contributed by atoms with Crippen LogP contribution in [-0.4, -0.2) is 31.5 Å². The fourth-order valence-electron chi connectivity index (χ4n) is 2.18. The van der Waals surface area contributed by atoms with Gasteiger partial charge in [-0.25, -0.2) is 0 Å². The first-order valence-corrected chi connectivity index (χ1v) is 7.31. The lowest BCUT2D eigenvalue weighted by Gasteiger charge is -2.06. The van der Waals surface area contributed by atoms with Crippen LogP contribution in [0.3, 0.4) is 0 Å². The number of rotatable bonds is 7. The number of amides is 1. The molecule has 7 nitrogen and oxygen atoms in total. The van der Waals surface area contributed by atoms with E-state index < -0.39 is 0 Å². The average Bonchev–Trinajstić information content (AvgIpc) is 3.00. The lowest BCUT2D eigenvalue weighted by molar-refractivity contribution is -0.122.